The standard InChI is InChI=1S/C16H25NO2/c1-12(2)10-15-6-4-14(5-7-15)8-9-16(19)17-13(3)11-18/h4-7,12-13,18H,8-11H2,1-3H3,(H,17,19). The molecule has 0 fully saturated rings. The fourth-order valence-corrected chi connectivity index (χ4v) is 1.96. The molecule has 19 heavy (non-hydrogen) atoms. The highest BCUT2D eigenvalue weighted by molar-refractivity contribution is 5.76. The molecule has 2 N–H and O–H groups in total. The molecule has 3 nitrogen and oxygen atoms in total. The molecule has 106 valence electrons. The summed E-state index contributed by atoms with van der Waals surface area (Å²) in [7, 11) is 0. The van der Waals surface area contributed by atoms with Gasteiger partial charge in [-0.2, -0.15) is 0 Å². The first-order valence-electron chi connectivity index (χ1n) is 6.99. The summed E-state index contributed by atoms with van der Waals surface area (Å²) in [5.74, 6) is 0.657. The van der Waals surface area contributed by atoms with Crippen LogP contribution < -0.4 is 5.32 Å². The summed E-state index contributed by atoms with van der Waals surface area (Å²) in [5, 5.41) is 11.6. The first kappa shape index (κ1) is 15.7. The Morgan fingerprint density at radius 3 is 2.26 bits per heavy atom. The first-order valence-corrected chi connectivity index (χ1v) is 6.99. The minimum absolute atomic E-state index is 0.00666. The van der Waals surface area contributed by atoms with Crippen molar-refractivity contribution in [3.63, 3.8) is 0 Å². The molecule has 0 heterocycles. The Bertz CT molecular complexity index is 384. The van der Waals surface area contributed by atoms with Gasteiger partial charge in [0.25, 0.3) is 0 Å². The van der Waals surface area contributed by atoms with E-state index in [2.05, 4.69) is 43.4 Å². The van der Waals surface area contributed by atoms with Gasteiger partial charge in [-0.25, -0.2) is 0 Å². The lowest BCUT2D eigenvalue weighted by Crippen LogP contribution is -2.35. The number of nitrogens with one attached hydrogen (secondary N) is 1. The minimum Gasteiger partial charge on any atom is -0.394 e. The van der Waals surface area contributed by atoms with Crippen LogP contribution in [-0.2, 0) is 17.6 Å². The highest BCUT2D eigenvalue weighted by Crippen LogP contribution is 2.11. The van der Waals surface area contributed by atoms with E-state index in [1.165, 1.54) is 11.1 Å². The zero-order valence-electron chi connectivity index (χ0n) is 12.1. The molecule has 1 unspecified atom stereocenters. The Balaban J connectivity index is 2.39. The molecule has 0 aliphatic carbocycles. The van der Waals surface area contributed by atoms with Crippen LogP contribution in [0.1, 0.15) is 38.3 Å². The maximum absolute atomic E-state index is 11.6. The number of hydrogen-bond acceptors (Lipinski definition) is 2. The SMILES string of the molecule is CC(C)Cc1ccc(CCC(=O)NC(C)CO)cc1. The lowest BCUT2D eigenvalue weighted by molar-refractivity contribution is -0.121. The zero-order chi connectivity index (χ0) is 14.3. The molecule has 0 aliphatic rings. The predicted molar refractivity (Wildman–Crippen MR) is 78.0 cm³/mol. The van der Waals surface area contributed by atoms with Crippen molar-refractivity contribution >= 4 is 5.91 Å². The Kier molecular flexibility index (Phi) is 6.57. The Morgan fingerprint density at radius 2 is 1.74 bits per heavy atom. The lowest BCUT2D eigenvalue weighted by Gasteiger charge is -2.11. The highest BCUT2D eigenvalue weighted by Gasteiger charge is 2.06. The summed E-state index contributed by atoms with van der Waals surface area (Å²) in [4.78, 5) is 11.6. The van der Waals surface area contributed by atoms with Crippen molar-refractivity contribution in [1.82, 2.24) is 5.32 Å². The summed E-state index contributed by atoms with van der Waals surface area (Å²) in [6.45, 7) is 6.19. The van der Waals surface area contributed by atoms with Crippen molar-refractivity contribution in [2.45, 2.75) is 46.1 Å². The first-order chi connectivity index (χ1) is 9.01. The number of rotatable bonds is 7. The van der Waals surface area contributed by atoms with Crippen molar-refractivity contribution < 1.29 is 9.90 Å². The van der Waals surface area contributed by atoms with E-state index < -0.39 is 0 Å². The van der Waals surface area contributed by atoms with E-state index in [0.717, 1.165) is 12.8 Å². The lowest BCUT2D eigenvalue weighted by atomic mass is 10.0. The smallest absolute Gasteiger partial charge is 0.220 e. The second kappa shape index (κ2) is 7.95. The molecule has 1 amide bonds. The number of carbonyl (C=O) groups is 1. The summed E-state index contributed by atoms with van der Waals surface area (Å²) in [5.41, 5.74) is 2.52. The quantitative estimate of drug-likeness (QED) is 0.793. The van der Waals surface area contributed by atoms with Gasteiger partial charge in [-0.05, 0) is 36.8 Å². The molecule has 0 saturated heterocycles. The second-order valence-electron chi connectivity index (χ2n) is 5.57. The Morgan fingerprint density at radius 1 is 1.16 bits per heavy atom. The number of benzene rings is 1. The largest absolute Gasteiger partial charge is 0.394 e. The number of hydrogen-bond donors (Lipinski definition) is 2. The molecule has 0 radical (unpaired) electrons. The maximum Gasteiger partial charge on any atom is 0.220 e. The van der Waals surface area contributed by atoms with E-state index in [9.17, 15) is 4.79 Å². The number of carbonyl (C=O) groups excluding carboxylic acids is 1. The molecular weight excluding hydrogens is 238 g/mol. The zero-order valence-corrected chi connectivity index (χ0v) is 12.1. The number of aliphatic hydroxyl groups is 1. The van der Waals surface area contributed by atoms with Crippen LogP contribution in [0, 0.1) is 5.92 Å². The molecule has 0 spiro atoms. The van der Waals surface area contributed by atoms with Gasteiger partial charge in [-0.1, -0.05) is 38.1 Å². The van der Waals surface area contributed by atoms with Crippen LogP contribution >= 0.6 is 0 Å². The molecule has 0 aromatic heterocycles. The highest BCUT2D eigenvalue weighted by atomic mass is 16.3. The molecular formula is C16H25NO2. The van der Waals surface area contributed by atoms with Crippen molar-refractivity contribution in [2.24, 2.45) is 5.92 Å². The predicted octanol–water partition coefficient (Wildman–Crippen LogP) is 2.31. The van der Waals surface area contributed by atoms with Crippen LogP contribution in [0.25, 0.3) is 0 Å². The molecule has 1 atom stereocenters. The van der Waals surface area contributed by atoms with Crippen molar-refractivity contribution in [3.05, 3.63) is 35.4 Å². The van der Waals surface area contributed by atoms with Crippen LogP contribution in [0.3, 0.4) is 0 Å². The van der Waals surface area contributed by atoms with Gasteiger partial charge in [0.15, 0.2) is 0 Å². The summed E-state index contributed by atoms with van der Waals surface area (Å²) < 4.78 is 0. The Labute approximate surface area is 116 Å². The molecule has 0 saturated carbocycles. The molecule has 3 heteroatoms. The van der Waals surface area contributed by atoms with Gasteiger partial charge >= 0.3 is 0 Å². The van der Waals surface area contributed by atoms with Crippen LogP contribution in [0.4, 0.5) is 0 Å². The number of aryl methyl sites for hydroxylation is 1. The van der Waals surface area contributed by atoms with Gasteiger partial charge in [0, 0.05) is 12.5 Å². The number of amides is 1. The van der Waals surface area contributed by atoms with Crippen LogP contribution in [0.5, 0.6) is 0 Å². The minimum atomic E-state index is -0.166. The summed E-state index contributed by atoms with van der Waals surface area (Å²) in [6.07, 6.45) is 2.30. The fraction of sp³-hybridized carbons (Fsp3) is 0.562. The number of aliphatic hydroxyl groups excluding tert-OH is 1. The third-order valence-electron chi connectivity index (χ3n) is 2.99. The van der Waals surface area contributed by atoms with Crippen molar-refractivity contribution in [2.75, 3.05) is 6.61 Å². The van der Waals surface area contributed by atoms with Gasteiger partial charge in [0.2, 0.25) is 5.91 Å². The fourth-order valence-electron chi connectivity index (χ4n) is 1.96. The topological polar surface area (TPSA) is 49.3 Å². The van der Waals surface area contributed by atoms with Crippen molar-refractivity contribution in [3.8, 4) is 0 Å². The van der Waals surface area contributed by atoms with Gasteiger partial charge in [0.1, 0.15) is 0 Å². The normalized spacial score (nSPS) is 12.5. The Hall–Kier alpha value is -1.35. The van der Waals surface area contributed by atoms with Gasteiger partial charge in [-0.3, -0.25) is 4.79 Å². The maximum atomic E-state index is 11.6. The molecule has 0 bridgehead atoms. The average Bonchev–Trinajstić information content (AvgIpc) is 2.37. The van der Waals surface area contributed by atoms with Crippen LogP contribution in [0.2, 0.25) is 0 Å². The van der Waals surface area contributed by atoms with E-state index in [-0.39, 0.29) is 18.6 Å². The van der Waals surface area contributed by atoms with Crippen molar-refractivity contribution in [1.29, 1.82) is 0 Å². The van der Waals surface area contributed by atoms with Gasteiger partial charge in [-0.15, -0.1) is 0 Å². The molecule has 0 aliphatic heterocycles. The van der Waals surface area contributed by atoms with E-state index in [1.54, 1.807) is 6.92 Å². The van der Waals surface area contributed by atoms with Crippen LogP contribution in [-0.4, -0.2) is 23.7 Å². The van der Waals surface area contributed by atoms with Crippen LogP contribution in [0.15, 0.2) is 24.3 Å². The third kappa shape index (κ3) is 6.39. The van der Waals surface area contributed by atoms with E-state index in [1.807, 2.05) is 0 Å². The van der Waals surface area contributed by atoms with E-state index >= 15 is 0 Å². The van der Waals surface area contributed by atoms with Gasteiger partial charge in [0.05, 0.1) is 6.61 Å². The molecule has 1 rings (SSSR count). The summed E-state index contributed by atoms with van der Waals surface area (Å²) >= 11 is 0. The monoisotopic (exact) mass is 263 g/mol. The van der Waals surface area contributed by atoms with Gasteiger partial charge < -0.3 is 10.4 Å². The summed E-state index contributed by atoms with van der Waals surface area (Å²) in [6, 6.07) is 8.31. The molecule has 1 aromatic rings. The van der Waals surface area contributed by atoms with E-state index in [4.69, 9.17) is 5.11 Å². The van der Waals surface area contributed by atoms with E-state index in [0.29, 0.717) is 12.3 Å². The second-order valence-corrected chi connectivity index (χ2v) is 5.57. The molecule has 1 aromatic carbocycles. The third-order valence-corrected chi connectivity index (χ3v) is 2.99. The average molecular weight is 263 g/mol.